The molecule has 0 aliphatic heterocycles. The molecule has 1 N–H and O–H groups in total. The molecule has 0 fully saturated rings. The Morgan fingerprint density at radius 2 is 1.95 bits per heavy atom. The lowest BCUT2D eigenvalue weighted by Gasteiger charge is -2.14. The van der Waals surface area contributed by atoms with Gasteiger partial charge in [-0.15, -0.1) is 0 Å². The third-order valence-electron chi connectivity index (χ3n) is 3.51. The summed E-state index contributed by atoms with van der Waals surface area (Å²) in [6, 6.07) is 7.70. The fourth-order valence-electron chi connectivity index (χ4n) is 2.36. The molecular weight excluding hydrogens is 277 g/mol. The minimum Gasteiger partial charge on any atom is -0.361 e. The highest BCUT2D eigenvalue weighted by Crippen LogP contribution is 2.37. The van der Waals surface area contributed by atoms with E-state index in [9.17, 15) is 13.2 Å². The molecule has 108 valence electrons. The summed E-state index contributed by atoms with van der Waals surface area (Å²) in [6.45, 7) is 1.91. The molecule has 5 heteroatoms. The summed E-state index contributed by atoms with van der Waals surface area (Å²) in [4.78, 5) is 7.17. The number of rotatable bonds is 2. The van der Waals surface area contributed by atoms with Gasteiger partial charge >= 0.3 is 6.18 Å². The van der Waals surface area contributed by atoms with E-state index in [0.717, 1.165) is 22.5 Å². The number of nitrogens with one attached hydrogen (secondary N) is 1. The third-order valence-corrected chi connectivity index (χ3v) is 3.51. The van der Waals surface area contributed by atoms with Crippen molar-refractivity contribution in [1.29, 1.82) is 0 Å². The molecule has 0 bridgehead atoms. The zero-order valence-corrected chi connectivity index (χ0v) is 11.3. The number of aromatic nitrogens is 2. The molecule has 1 aromatic carbocycles. The van der Waals surface area contributed by atoms with E-state index >= 15 is 0 Å². The molecule has 0 aliphatic carbocycles. The Hall–Kier alpha value is -2.30. The van der Waals surface area contributed by atoms with E-state index in [1.54, 1.807) is 24.5 Å². The standard InChI is InChI=1S/C16H13F3N2/c1-2-10-3-4-13(16(17,18)19)12(7-10)15-8-14-11(9-21-15)5-6-20-14/h3-9,20H,2H2,1H3. The average Bonchev–Trinajstić information content (AvgIpc) is 2.93. The number of benzene rings is 1. The van der Waals surface area contributed by atoms with E-state index in [1.165, 1.54) is 6.07 Å². The third kappa shape index (κ3) is 2.51. The predicted molar refractivity (Wildman–Crippen MR) is 75.9 cm³/mol. The Balaban J connectivity index is 2.23. The number of H-pyrrole nitrogens is 1. The van der Waals surface area contributed by atoms with Crippen LogP contribution in [0.4, 0.5) is 13.2 Å². The first kappa shape index (κ1) is 13.7. The smallest absolute Gasteiger partial charge is 0.361 e. The monoisotopic (exact) mass is 290 g/mol. The van der Waals surface area contributed by atoms with Gasteiger partial charge in [-0.1, -0.05) is 13.0 Å². The summed E-state index contributed by atoms with van der Waals surface area (Å²) in [6.07, 6.45) is -0.396. The van der Waals surface area contributed by atoms with Gasteiger partial charge < -0.3 is 4.98 Å². The van der Waals surface area contributed by atoms with Gasteiger partial charge in [0.15, 0.2) is 0 Å². The van der Waals surface area contributed by atoms with Gasteiger partial charge in [0.2, 0.25) is 0 Å². The topological polar surface area (TPSA) is 28.7 Å². The van der Waals surface area contributed by atoms with Crippen LogP contribution in [0, 0.1) is 0 Å². The Morgan fingerprint density at radius 1 is 1.14 bits per heavy atom. The zero-order valence-electron chi connectivity index (χ0n) is 11.3. The maximum absolute atomic E-state index is 13.2. The van der Waals surface area contributed by atoms with Crippen LogP contribution in [-0.2, 0) is 12.6 Å². The van der Waals surface area contributed by atoms with Crippen LogP contribution in [0.2, 0.25) is 0 Å². The Bertz CT molecular complexity index is 788. The molecule has 3 rings (SSSR count). The van der Waals surface area contributed by atoms with E-state index in [4.69, 9.17) is 0 Å². The molecule has 0 saturated carbocycles. The molecule has 2 aromatic heterocycles. The summed E-state index contributed by atoms with van der Waals surface area (Å²) in [5, 5.41) is 0.874. The molecule has 0 aliphatic rings. The second-order valence-electron chi connectivity index (χ2n) is 4.87. The summed E-state index contributed by atoms with van der Waals surface area (Å²) >= 11 is 0. The molecule has 2 nitrogen and oxygen atoms in total. The van der Waals surface area contributed by atoms with E-state index in [1.807, 2.05) is 13.0 Å². The van der Waals surface area contributed by atoms with Crippen LogP contribution in [0.5, 0.6) is 0 Å². The van der Waals surface area contributed by atoms with Crippen molar-refractivity contribution in [1.82, 2.24) is 9.97 Å². The second kappa shape index (κ2) is 4.91. The first-order valence-corrected chi connectivity index (χ1v) is 6.62. The highest BCUT2D eigenvalue weighted by Gasteiger charge is 2.34. The maximum atomic E-state index is 13.2. The molecule has 0 spiro atoms. The van der Waals surface area contributed by atoms with Crippen molar-refractivity contribution in [3.63, 3.8) is 0 Å². The van der Waals surface area contributed by atoms with E-state index < -0.39 is 11.7 Å². The van der Waals surface area contributed by atoms with Crippen molar-refractivity contribution < 1.29 is 13.2 Å². The van der Waals surface area contributed by atoms with Gasteiger partial charge in [0.05, 0.1) is 11.3 Å². The van der Waals surface area contributed by atoms with Crippen molar-refractivity contribution in [2.24, 2.45) is 0 Å². The van der Waals surface area contributed by atoms with Crippen LogP contribution in [0.1, 0.15) is 18.1 Å². The van der Waals surface area contributed by atoms with Crippen LogP contribution < -0.4 is 0 Å². The largest absolute Gasteiger partial charge is 0.417 e. The highest BCUT2D eigenvalue weighted by atomic mass is 19.4. The van der Waals surface area contributed by atoms with Crippen molar-refractivity contribution in [2.75, 3.05) is 0 Å². The van der Waals surface area contributed by atoms with Gasteiger partial charge in [0.25, 0.3) is 0 Å². The van der Waals surface area contributed by atoms with Gasteiger partial charge in [-0.05, 0) is 36.2 Å². The van der Waals surface area contributed by atoms with Crippen molar-refractivity contribution >= 4 is 10.9 Å². The number of aryl methyl sites for hydroxylation is 1. The van der Waals surface area contributed by atoms with Gasteiger partial charge in [0.1, 0.15) is 0 Å². The summed E-state index contributed by atoms with van der Waals surface area (Å²) in [7, 11) is 0. The number of hydrogen-bond acceptors (Lipinski definition) is 1. The Labute approximate surface area is 119 Å². The van der Waals surface area contributed by atoms with Crippen LogP contribution in [-0.4, -0.2) is 9.97 Å². The van der Waals surface area contributed by atoms with E-state index in [0.29, 0.717) is 12.1 Å². The van der Waals surface area contributed by atoms with Gasteiger partial charge in [0, 0.05) is 28.9 Å². The normalized spacial score (nSPS) is 12.0. The quantitative estimate of drug-likeness (QED) is 0.720. The number of fused-ring (bicyclic) bond motifs is 1. The lowest BCUT2D eigenvalue weighted by Crippen LogP contribution is -2.08. The van der Waals surface area contributed by atoms with E-state index in [2.05, 4.69) is 9.97 Å². The molecule has 0 atom stereocenters. The molecule has 0 radical (unpaired) electrons. The van der Waals surface area contributed by atoms with Crippen molar-refractivity contribution in [3.05, 3.63) is 53.9 Å². The lowest BCUT2D eigenvalue weighted by molar-refractivity contribution is -0.137. The second-order valence-corrected chi connectivity index (χ2v) is 4.87. The van der Waals surface area contributed by atoms with Crippen LogP contribution >= 0.6 is 0 Å². The summed E-state index contributed by atoms with van der Waals surface area (Å²) < 4.78 is 39.6. The first-order valence-electron chi connectivity index (χ1n) is 6.62. The zero-order chi connectivity index (χ0) is 15.0. The van der Waals surface area contributed by atoms with E-state index in [-0.39, 0.29) is 5.56 Å². The molecule has 2 heterocycles. The SMILES string of the molecule is CCc1ccc(C(F)(F)F)c(-c2cc3[nH]ccc3cn2)c1. The Kier molecular flexibility index (Phi) is 3.20. The Morgan fingerprint density at radius 3 is 2.67 bits per heavy atom. The van der Waals surface area contributed by atoms with Gasteiger partial charge in [-0.25, -0.2) is 0 Å². The van der Waals surface area contributed by atoms with Crippen molar-refractivity contribution in [3.8, 4) is 11.3 Å². The van der Waals surface area contributed by atoms with Gasteiger partial charge in [-0.2, -0.15) is 13.2 Å². The number of aromatic amines is 1. The number of alkyl halides is 3. The van der Waals surface area contributed by atoms with Crippen LogP contribution in [0.25, 0.3) is 22.2 Å². The molecule has 21 heavy (non-hydrogen) atoms. The summed E-state index contributed by atoms with van der Waals surface area (Å²) in [5.41, 5.74) is 1.42. The lowest BCUT2D eigenvalue weighted by atomic mass is 9.99. The molecule has 3 aromatic rings. The maximum Gasteiger partial charge on any atom is 0.417 e. The van der Waals surface area contributed by atoms with Crippen molar-refractivity contribution in [2.45, 2.75) is 19.5 Å². The van der Waals surface area contributed by atoms with Crippen LogP contribution in [0.3, 0.4) is 0 Å². The van der Waals surface area contributed by atoms with Crippen LogP contribution in [0.15, 0.2) is 42.7 Å². The number of nitrogens with zero attached hydrogens (tertiary/aromatic N) is 1. The molecule has 0 saturated heterocycles. The minimum atomic E-state index is -4.39. The fraction of sp³-hybridized carbons (Fsp3) is 0.188. The summed E-state index contributed by atoms with van der Waals surface area (Å²) in [5.74, 6) is 0. The fourth-order valence-corrected chi connectivity index (χ4v) is 2.36. The van der Waals surface area contributed by atoms with Gasteiger partial charge in [-0.3, -0.25) is 4.98 Å². The minimum absolute atomic E-state index is 0.123. The predicted octanol–water partition coefficient (Wildman–Crippen LogP) is 4.81. The number of pyridine rings is 1. The molecule has 0 amide bonds. The highest BCUT2D eigenvalue weighted by molar-refractivity contribution is 5.83. The first-order chi connectivity index (χ1) is 9.99. The molecule has 0 unspecified atom stereocenters. The number of hydrogen-bond donors (Lipinski definition) is 1. The number of halogens is 3. The molecular formula is C16H13F3N2. The average molecular weight is 290 g/mol.